The van der Waals surface area contributed by atoms with Gasteiger partial charge in [-0.25, -0.2) is 0 Å². The van der Waals surface area contributed by atoms with E-state index in [0.29, 0.717) is 5.69 Å². The second-order valence-electron chi connectivity index (χ2n) is 5.55. The molecule has 0 aliphatic heterocycles. The van der Waals surface area contributed by atoms with Crippen molar-refractivity contribution in [3.8, 4) is 0 Å². The number of aromatic amines is 1. The average Bonchev–Trinajstić information content (AvgIpc) is 2.97. The van der Waals surface area contributed by atoms with Crippen molar-refractivity contribution >= 4 is 22.7 Å². The lowest BCUT2D eigenvalue weighted by Crippen LogP contribution is -2.45. The van der Waals surface area contributed by atoms with Crippen LogP contribution in [0.5, 0.6) is 0 Å². The Morgan fingerprint density at radius 3 is 2.57 bits per heavy atom. The van der Waals surface area contributed by atoms with E-state index in [2.05, 4.69) is 15.8 Å². The van der Waals surface area contributed by atoms with E-state index < -0.39 is 0 Å². The monoisotopic (exact) mass is 285 g/mol. The Morgan fingerprint density at radius 1 is 1.05 bits per heavy atom. The molecule has 0 saturated heterocycles. The first kappa shape index (κ1) is 13.7. The van der Waals surface area contributed by atoms with Crippen molar-refractivity contribution in [2.24, 2.45) is 5.92 Å². The molecule has 110 valence electrons. The Kier molecular flexibility index (Phi) is 3.90. The van der Waals surface area contributed by atoms with Crippen LogP contribution in [0.25, 0.3) is 10.9 Å². The third-order valence-electron chi connectivity index (χ3n) is 4.05. The highest BCUT2D eigenvalue weighted by Crippen LogP contribution is 2.23. The molecule has 5 nitrogen and oxygen atoms in total. The summed E-state index contributed by atoms with van der Waals surface area (Å²) in [5.74, 6) is -0.378. The van der Waals surface area contributed by atoms with Crippen molar-refractivity contribution < 1.29 is 9.59 Å². The smallest absolute Gasteiger partial charge is 0.286 e. The van der Waals surface area contributed by atoms with Crippen LogP contribution in [0, 0.1) is 5.92 Å². The highest BCUT2D eigenvalue weighted by molar-refractivity contribution is 5.98. The first-order chi connectivity index (χ1) is 10.2. The van der Waals surface area contributed by atoms with E-state index in [9.17, 15) is 9.59 Å². The molecule has 21 heavy (non-hydrogen) atoms. The minimum absolute atomic E-state index is 0.0294. The van der Waals surface area contributed by atoms with Crippen molar-refractivity contribution in [3.05, 3.63) is 36.0 Å². The summed E-state index contributed by atoms with van der Waals surface area (Å²) in [5, 5.41) is 0.973. The van der Waals surface area contributed by atoms with Crippen LogP contribution in [0.15, 0.2) is 30.3 Å². The highest BCUT2D eigenvalue weighted by atomic mass is 16.2. The Bertz CT molecular complexity index is 623. The maximum atomic E-state index is 12.0. The van der Waals surface area contributed by atoms with Gasteiger partial charge in [-0.2, -0.15) is 0 Å². The summed E-state index contributed by atoms with van der Waals surface area (Å²) >= 11 is 0. The van der Waals surface area contributed by atoms with Crippen molar-refractivity contribution in [1.29, 1.82) is 0 Å². The number of H-pyrrole nitrogens is 1. The third-order valence-corrected chi connectivity index (χ3v) is 4.05. The number of carbonyl (C=O) groups is 2. The number of hydrazine groups is 1. The molecular formula is C16H19N3O2. The summed E-state index contributed by atoms with van der Waals surface area (Å²) < 4.78 is 0. The number of para-hydroxylation sites is 1. The van der Waals surface area contributed by atoms with E-state index in [4.69, 9.17) is 0 Å². The van der Waals surface area contributed by atoms with Crippen molar-refractivity contribution in [2.75, 3.05) is 0 Å². The first-order valence-electron chi connectivity index (χ1n) is 7.42. The molecule has 3 N–H and O–H groups in total. The van der Waals surface area contributed by atoms with E-state index in [1.165, 1.54) is 6.42 Å². The Morgan fingerprint density at radius 2 is 1.81 bits per heavy atom. The largest absolute Gasteiger partial charge is 0.350 e. The summed E-state index contributed by atoms with van der Waals surface area (Å²) in [4.78, 5) is 27.0. The lowest BCUT2D eigenvalue weighted by atomic mass is 9.89. The second-order valence-corrected chi connectivity index (χ2v) is 5.55. The van der Waals surface area contributed by atoms with Gasteiger partial charge in [0.2, 0.25) is 5.91 Å². The predicted molar refractivity (Wildman–Crippen MR) is 80.5 cm³/mol. The molecule has 1 heterocycles. The Balaban J connectivity index is 1.59. The zero-order valence-electron chi connectivity index (χ0n) is 11.8. The van der Waals surface area contributed by atoms with Crippen LogP contribution >= 0.6 is 0 Å². The van der Waals surface area contributed by atoms with Crippen LogP contribution in [0.3, 0.4) is 0 Å². The fourth-order valence-corrected chi connectivity index (χ4v) is 2.85. The Labute approximate surface area is 123 Å². The van der Waals surface area contributed by atoms with Gasteiger partial charge in [-0.15, -0.1) is 0 Å². The van der Waals surface area contributed by atoms with Gasteiger partial charge in [0.15, 0.2) is 0 Å². The van der Waals surface area contributed by atoms with Gasteiger partial charge >= 0.3 is 0 Å². The normalized spacial score (nSPS) is 15.8. The fourth-order valence-electron chi connectivity index (χ4n) is 2.85. The van der Waals surface area contributed by atoms with Crippen LogP contribution in [0.4, 0.5) is 0 Å². The molecule has 1 aromatic carbocycles. The SMILES string of the molecule is O=C(NNC(=O)C1CCCCC1)c1cc2ccccc2[nH]1. The number of hydrogen-bond donors (Lipinski definition) is 3. The highest BCUT2D eigenvalue weighted by Gasteiger charge is 2.21. The van der Waals surface area contributed by atoms with Crippen LogP contribution in [-0.2, 0) is 4.79 Å². The molecule has 1 aromatic heterocycles. The molecule has 1 fully saturated rings. The average molecular weight is 285 g/mol. The van der Waals surface area contributed by atoms with Gasteiger partial charge in [-0.05, 0) is 25.0 Å². The summed E-state index contributed by atoms with van der Waals surface area (Å²) in [6, 6.07) is 9.45. The summed E-state index contributed by atoms with van der Waals surface area (Å²) in [5.41, 5.74) is 6.37. The zero-order chi connectivity index (χ0) is 14.7. The standard InChI is InChI=1S/C16H19N3O2/c20-15(11-6-2-1-3-7-11)18-19-16(21)14-10-12-8-4-5-9-13(12)17-14/h4-5,8-11,17H,1-3,6-7H2,(H,18,20)(H,19,21). The topological polar surface area (TPSA) is 74.0 Å². The summed E-state index contributed by atoms with van der Waals surface area (Å²) in [7, 11) is 0. The number of rotatable bonds is 2. The number of amides is 2. The number of carbonyl (C=O) groups excluding carboxylic acids is 2. The van der Waals surface area contributed by atoms with Gasteiger partial charge in [0, 0.05) is 16.8 Å². The van der Waals surface area contributed by atoms with Gasteiger partial charge in [-0.3, -0.25) is 20.4 Å². The molecule has 0 atom stereocenters. The molecule has 0 unspecified atom stereocenters. The van der Waals surface area contributed by atoms with Gasteiger partial charge in [0.1, 0.15) is 5.69 Å². The molecule has 1 aliphatic carbocycles. The van der Waals surface area contributed by atoms with Crippen molar-refractivity contribution in [1.82, 2.24) is 15.8 Å². The van der Waals surface area contributed by atoms with Crippen molar-refractivity contribution in [3.63, 3.8) is 0 Å². The minimum atomic E-state index is -0.324. The maximum absolute atomic E-state index is 12.0. The molecule has 1 saturated carbocycles. The molecular weight excluding hydrogens is 266 g/mol. The summed E-state index contributed by atoms with van der Waals surface area (Å²) in [6.07, 6.45) is 5.20. The number of benzene rings is 1. The predicted octanol–water partition coefficient (Wildman–Crippen LogP) is 2.51. The van der Waals surface area contributed by atoms with E-state index >= 15 is 0 Å². The quantitative estimate of drug-likeness (QED) is 0.742. The number of nitrogens with one attached hydrogen (secondary N) is 3. The molecule has 1 aliphatic rings. The number of fused-ring (bicyclic) bond motifs is 1. The summed E-state index contributed by atoms with van der Waals surface area (Å²) in [6.45, 7) is 0. The molecule has 5 heteroatoms. The van der Waals surface area contributed by atoms with Gasteiger partial charge in [0.25, 0.3) is 5.91 Å². The molecule has 2 aromatic rings. The Hall–Kier alpha value is -2.30. The maximum Gasteiger partial charge on any atom is 0.286 e. The second kappa shape index (κ2) is 5.99. The van der Waals surface area contributed by atoms with Gasteiger partial charge in [0.05, 0.1) is 0 Å². The van der Waals surface area contributed by atoms with E-state index in [0.717, 1.165) is 36.6 Å². The molecule has 2 amide bonds. The lowest BCUT2D eigenvalue weighted by Gasteiger charge is -2.20. The fraction of sp³-hybridized carbons (Fsp3) is 0.375. The van der Waals surface area contributed by atoms with E-state index in [-0.39, 0.29) is 17.7 Å². The van der Waals surface area contributed by atoms with Crippen molar-refractivity contribution in [2.45, 2.75) is 32.1 Å². The van der Waals surface area contributed by atoms with Crippen LogP contribution in [0.1, 0.15) is 42.6 Å². The third kappa shape index (κ3) is 3.07. The van der Waals surface area contributed by atoms with Crippen LogP contribution < -0.4 is 10.9 Å². The van der Waals surface area contributed by atoms with Crippen LogP contribution in [0.2, 0.25) is 0 Å². The minimum Gasteiger partial charge on any atom is -0.350 e. The van der Waals surface area contributed by atoms with Gasteiger partial charge in [-0.1, -0.05) is 37.5 Å². The molecule has 3 rings (SSSR count). The van der Waals surface area contributed by atoms with E-state index in [1.807, 2.05) is 24.3 Å². The lowest BCUT2D eigenvalue weighted by molar-refractivity contribution is -0.126. The van der Waals surface area contributed by atoms with E-state index in [1.54, 1.807) is 6.07 Å². The molecule has 0 bridgehead atoms. The molecule has 0 radical (unpaired) electrons. The first-order valence-corrected chi connectivity index (χ1v) is 7.42. The number of hydrogen-bond acceptors (Lipinski definition) is 2. The van der Waals surface area contributed by atoms with Gasteiger partial charge < -0.3 is 4.98 Å². The number of aromatic nitrogens is 1. The zero-order valence-corrected chi connectivity index (χ0v) is 11.8. The van der Waals surface area contributed by atoms with Crippen LogP contribution in [-0.4, -0.2) is 16.8 Å². The molecule has 0 spiro atoms.